The van der Waals surface area contributed by atoms with Gasteiger partial charge < -0.3 is 32.4 Å². The van der Waals surface area contributed by atoms with Gasteiger partial charge in [-0.2, -0.15) is 0 Å². The summed E-state index contributed by atoms with van der Waals surface area (Å²) in [5, 5.41) is 0. The van der Waals surface area contributed by atoms with E-state index in [9.17, 15) is 0 Å². The van der Waals surface area contributed by atoms with Gasteiger partial charge >= 0.3 is 0 Å². The van der Waals surface area contributed by atoms with E-state index < -0.39 is 0 Å². The Balaban J connectivity index is -0.00000000970. The van der Waals surface area contributed by atoms with Crippen LogP contribution < -0.4 is 22.9 Å². The third-order valence-corrected chi connectivity index (χ3v) is 0.471. The molecule has 0 amide bonds. The Labute approximate surface area is 105 Å². The summed E-state index contributed by atoms with van der Waals surface area (Å²) in [5.74, 6) is 0. The molecule has 0 bridgehead atoms. The van der Waals surface area contributed by atoms with E-state index in [1.165, 1.54) is 0 Å². The molecule has 112 valence electrons. The molecule has 0 unspecified atom stereocenters. The van der Waals surface area contributed by atoms with Crippen molar-refractivity contribution in [3.8, 4) is 0 Å². The predicted octanol–water partition coefficient (Wildman–Crippen LogP) is 1.49. The van der Waals surface area contributed by atoms with E-state index in [0.29, 0.717) is 0 Å². The van der Waals surface area contributed by atoms with E-state index in [1.807, 2.05) is 0 Å². The highest BCUT2D eigenvalue weighted by molar-refractivity contribution is 4.02. The van der Waals surface area contributed by atoms with Crippen molar-refractivity contribution in [3.63, 3.8) is 0 Å². The molecule has 6 heteroatoms. The first-order chi connectivity index (χ1) is 4.83. The maximum absolute atomic E-state index is 4.84. The lowest BCUT2D eigenvalue weighted by atomic mass is 11.2. The van der Waals surface area contributed by atoms with Crippen LogP contribution in [0.1, 0.15) is 44.6 Å². The molecule has 0 aliphatic carbocycles. The lowest BCUT2D eigenvalue weighted by Gasteiger charge is -1.87. The van der Waals surface area contributed by atoms with Crippen LogP contribution in [-0.4, -0.2) is 26.9 Å². The summed E-state index contributed by atoms with van der Waals surface area (Å²) in [6, 6.07) is 0. The molecule has 6 nitrogen and oxygen atoms in total. The predicted molar refractivity (Wildman–Crippen MR) is 78.8 cm³/mol. The Kier molecular flexibility index (Phi) is 300. The SMILES string of the molecule is C.C.C.C.C.C.NCOCN.NCOCN. The first kappa shape index (κ1) is 57.0. The minimum atomic E-state index is 0. The van der Waals surface area contributed by atoms with Crippen molar-refractivity contribution < 1.29 is 9.47 Å². The Morgan fingerprint density at radius 2 is 0.562 bits per heavy atom. The molecule has 0 aliphatic heterocycles. The molecule has 0 aliphatic rings. The van der Waals surface area contributed by atoms with E-state index >= 15 is 0 Å². The molecule has 0 aromatic rings. The van der Waals surface area contributed by atoms with Crippen LogP contribution in [0.2, 0.25) is 0 Å². The molecule has 0 saturated heterocycles. The highest BCUT2D eigenvalue weighted by Gasteiger charge is 1.63. The van der Waals surface area contributed by atoms with Gasteiger partial charge in [0, 0.05) is 0 Å². The third kappa shape index (κ3) is 158. The topological polar surface area (TPSA) is 123 Å². The highest BCUT2D eigenvalue weighted by Crippen LogP contribution is 1.49. The van der Waals surface area contributed by atoms with Gasteiger partial charge in [-0.25, -0.2) is 0 Å². The Morgan fingerprint density at radius 1 is 0.438 bits per heavy atom. The standard InChI is InChI=1S/2C2H8N2O.6CH4/c2*3-1-5-2-4;;;;;;/h2*1-4H2;6*1H4. The van der Waals surface area contributed by atoms with Crippen molar-refractivity contribution in [1.82, 2.24) is 0 Å². The van der Waals surface area contributed by atoms with Gasteiger partial charge in [-0.15, -0.1) is 0 Å². The Bertz CT molecular complexity index is 41.8. The van der Waals surface area contributed by atoms with Crippen LogP contribution >= 0.6 is 0 Å². The van der Waals surface area contributed by atoms with Crippen molar-refractivity contribution in [2.75, 3.05) is 26.9 Å². The summed E-state index contributed by atoms with van der Waals surface area (Å²) in [6.45, 7) is 0.875. The van der Waals surface area contributed by atoms with Gasteiger partial charge in [0.2, 0.25) is 0 Å². The number of hydrogen-bond acceptors (Lipinski definition) is 6. The molecule has 0 aromatic carbocycles. The zero-order valence-electron chi connectivity index (χ0n) is 5.95. The molecule has 16 heavy (non-hydrogen) atoms. The van der Waals surface area contributed by atoms with E-state index in [1.54, 1.807) is 0 Å². The van der Waals surface area contributed by atoms with Gasteiger partial charge in [-0.1, -0.05) is 44.6 Å². The number of rotatable bonds is 4. The molecular weight excluding hydrogens is 208 g/mol. The van der Waals surface area contributed by atoms with Crippen molar-refractivity contribution in [2.45, 2.75) is 44.6 Å². The van der Waals surface area contributed by atoms with Gasteiger partial charge in [-0.05, 0) is 0 Å². The molecule has 0 radical (unpaired) electrons. The smallest absolute Gasteiger partial charge is 0.0958 e. The van der Waals surface area contributed by atoms with Crippen LogP contribution in [0.3, 0.4) is 0 Å². The fourth-order valence-corrected chi connectivity index (χ4v) is 0.136. The number of nitrogens with two attached hydrogens (primary N) is 4. The molecular formula is C10H40N4O2. The first-order valence-electron chi connectivity index (χ1n) is 2.79. The second-order valence-corrected chi connectivity index (χ2v) is 1.07. The highest BCUT2D eigenvalue weighted by atomic mass is 16.5. The Morgan fingerprint density at radius 3 is 0.562 bits per heavy atom. The van der Waals surface area contributed by atoms with Crippen LogP contribution in [0.5, 0.6) is 0 Å². The summed E-state index contributed by atoms with van der Waals surface area (Å²) in [7, 11) is 0. The summed E-state index contributed by atoms with van der Waals surface area (Å²) < 4.78 is 8.78. The maximum Gasteiger partial charge on any atom is 0.0958 e. The molecule has 0 rings (SSSR count). The minimum absolute atomic E-state index is 0. The van der Waals surface area contributed by atoms with Gasteiger partial charge in [0.1, 0.15) is 0 Å². The molecule has 0 heterocycles. The normalized spacial score (nSPS) is 5.25. The van der Waals surface area contributed by atoms with E-state index in [2.05, 4.69) is 9.47 Å². The van der Waals surface area contributed by atoms with Crippen LogP contribution in [0.25, 0.3) is 0 Å². The maximum atomic E-state index is 4.84. The molecule has 0 fully saturated rings. The monoisotopic (exact) mass is 248 g/mol. The zero-order chi connectivity index (χ0) is 8.24. The van der Waals surface area contributed by atoms with Gasteiger partial charge in [0.05, 0.1) is 26.9 Å². The van der Waals surface area contributed by atoms with Crippen LogP contribution in [0.4, 0.5) is 0 Å². The largest absolute Gasteiger partial charge is 0.352 e. The average molecular weight is 248 g/mol. The van der Waals surface area contributed by atoms with Crippen LogP contribution in [0, 0.1) is 0 Å². The second-order valence-electron chi connectivity index (χ2n) is 1.07. The molecule has 8 N–H and O–H groups in total. The van der Waals surface area contributed by atoms with Gasteiger partial charge in [-0.3, -0.25) is 0 Å². The minimum Gasteiger partial charge on any atom is -0.352 e. The number of hydrogen-bond donors (Lipinski definition) is 4. The average Bonchev–Trinajstić information content (AvgIpc) is 1.93. The van der Waals surface area contributed by atoms with Crippen molar-refractivity contribution >= 4 is 0 Å². The van der Waals surface area contributed by atoms with E-state index in [4.69, 9.17) is 22.9 Å². The summed E-state index contributed by atoms with van der Waals surface area (Å²) in [5.41, 5.74) is 19.3. The van der Waals surface area contributed by atoms with Gasteiger partial charge in [0.15, 0.2) is 0 Å². The van der Waals surface area contributed by atoms with Crippen LogP contribution in [0.15, 0.2) is 0 Å². The van der Waals surface area contributed by atoms with Crippen molar-refractivity contribution in [3.05, 3.63) is 0 Å². The summed E-state index contributed by atoms with van der Waals surface area (Å²) in [6.07, 6.45) is 0. The Hall–Kier alpha value is -0.240. The fourth-order valence-electron chi connectivity index (χ4n) is 0.136. The van der Waals surface area contributed by atoms with Crippen molar-refractivity contribution in [2.24, 2.45) is 22.9 Å². The summed E-state index contributed by atoms with van der Waals surface area (Å²) >= 11 is 0. The molecule has 0 aromatic heterocycles. The first-order valence-corrected chi connectivity index (χ1v) is 2.79. The summed E-state index contributed by atoms with van der Waals surface area (Å²) in [4.78, 5) is 0. The third-order valence-electron chi connectivity index (χ3n) is 0.471. The van der Waals surface area contributed by atoms with Crippen molar-refractivity contribution in [1.29, 1.82) is 0 Å². The lowest BCUT2D eigenvalue weighted by molar-refractivity contribution is 0.148. The molecule has 0 spiro atoms. The van der Waals surface area contributed by atoms with E-state index in [-0.39, 0.29) is 71.5 Å². The fraction of sp³-hybridized carbons (Fsp3) is 1.00. The number of ether oxygens (including phenoxy) is 2. The molecule has 0 saturated carbocycles. The van der Waals surface area contributed by atoms with Gasteiger partial charge in [0.25, 0.3) is 0 Å². The lowest BCUT2D eigenvalue weighted by Crippen LogP contribution is -2.10. The second kappa shape index (κ2) is 84.2. The molecule has 0 atom stereocenters. The van der Waals surface area contributed by atoms with E-state index in [0.717, 1.165) is 0 Å². The van der Waals surface area contributed by atoms with Crippen LogP contribution in [-0.2, 0) is 9.47 Å². The zero-order valence-corrected chi connectivity index (χ0v) is 5.95. The quantitative estimate of drug-likeness (QED) is 0.559.